The van der Waals surface area contributed by atoms with E-state index in [9.17, 15) is 9.59 Å². The largest absolute Gasteiger partial charge is 0.497 e. The van der Waals surface area contributed by atoms with Crippen LogP contribution < -0.4 is 19.7 Å². The quantitative estimate of drug-likeness (QED) is 0.623. The standard InChI is InChI=1S/C26H27N3O4/c1-32-23-12-6-19(7-13-23)26(31)29-16-14-28(15-17-29)22-10-8-21(9-11-22)27-25(30)20-4-3-5-24(18-20)33-2/h3-13,18H,14-17H2,1-2H3,(H,27,30). The van der Waals surface area contributed by atoms with E-state index in [-0.39, 0.29) is 11.8 Å². The second-order valence-electron chi connectivity index (χ2n) is 7.74. The van der Waals surface area contributed by atoms with Gasteiger partial charge in [0.05, 0.1) is 14.2 Å². The highest BCUT2D eigenvalue weighted by Crippen LogP contribution is 2.22. The number of rotatable bonds is 6. The summed E-state index contributed by atoms with van der Waals surface area (Å²) in [5, 5.41) is 2.91. The third-order valence-corrected chi connectivity index (χ3v) is 5.73. The number of methoxy groups -OCH3 is 2. The number of anilines is 2. The van der Waals surface area contributed by atoms with Crippen LogP contribution in [0, 0.1) is 0 Å². The zero-order valence-electron chi connectivity index (χ0n) is 18.8. The first kappa shape index (κ1) is 22.2. The van der Waals surface area contributed by atoms with Gasteiger partial charge in [0.25, 0.3) is 11.8 Å². The molecular weight excluding hydrogens is 418 g/mol. The summed E-state index contributed by atoms with van der Waals surface area (Å²) >= 11 is 0. The molecule has 3 aromatic rings. The smallest absolute Gasteiger partial charge is 0.255 e. The summed E-state index contributed by atoms with van der Waals surface area (Å²) in [7, 11) is 3.18. The molecule has 1 N–H and O–H groups in total. The normalized spacial score (nSPS) is 13.4. The van der Waals surface area contributed by atoms with Crippen LogP contribution in [0.1, 0.15) is 20.7 Å². The molecule has 4 rings (SSSR count). The van der Waals surface area contributed by atoms with Crippen molar-refractivity contribution in [3.8, 4) is 11.5 Å². The summed E-state index contributed by atoms with van der Waals surface area (Å²) in [4.78, 5) is 29.4. The average molecular weight is 446 g/mol. The number of hydrogen-bond acceptors (Lipinski definition) is 5. The molecule has 1 aliphatic heterocycles. The maximum absolute atomic E-state index is 12.8. The summed E-state index contributed by atoms with van der Waals surface area (Å²) in [6.45, 7) is 2.80. The Hall–Kier alpha value is -4.00. The van der Waals surface area contributed by atoms with Crippen LogP contribution in [0.5, 0.6) is 11.5 Å². The first-order valence-corrected chi connectivity index (χ1v) is 10.8. The number of carbonyl (C=O) groups excluding carboxylic acids is 2. The van der Waals surface area contributed by atoms with Gasteiger partial charge in [-0.15, -0.1) is 0 Å². The van der Waals surface area contributed by atoms with Gasteiger partial charge in [-0.3, -0.25) is 9.59 Å². The summed E-state index contributed by atoms with van der Waals surface area (Å²) in [5.41, 5.74) is 2.99. The van der Waals surface area contributed by atoms with Gasteiger partial charge in [0.1, 0.15) is 11.5 Å². The number of piperazine rings is 1. The molecule has 0 aromatic heterocycles. The van der Waals surface area contributed by atoms with Crippen molar-refractivity contribution < 1.29 is 19.1 Å². The summed E-state index contributed by atoms with van der Waals surface area (Å²) in [5.74, 6) is 1.22. The number of nitrogens with zero attached hydrogens (tertiary/aromatic N) is 2. The van der Waals surface area contributed by atoms with E-state index in [1.165, 1.54) is 0 Å². The Balaban J connectivity index is 1.32. The fourth-order valence-corrected chi connectivity index (χ4v) is 3.81. The van der Waals surface area contributed by atoms with Crippen LogP contribution in [-0.4, -0.2) is 57.1 Å². The van der Waals surface area contributed by atoms with Crippen LogP contribution in [0.25, 0.3) is 0 Å². The number of nitrogens with one attached hydrogen (secondary N) is 1. The third kappa shape index (κ3) is 5.26. The lowest BCUT2D eigenvalue weighted by Gasteiger charge is -2.36. The lowest BCUT2D eigenvalue weighted by Crippen LogP contribution is -2.48. The highest BCUT2D eigenvalue weighted by atomic mass is 16.5. The van der Waals surface area contributed by atoms with E-state index in [0.29, 0.717) is 30.0 Å². The zero-order chi connectivity index (χ0) is 23.2. The topological polar surface area (TPSA) is 71.1 Å². The van der Waals surface area contributed by atoms with E-state index >= 15 is 0 Å². The van der Waals surface area contributed by atoms with Crippen molar-refractivity contribution in [2.75, 3.05) is 50.6 Å². The third-order valence-electron chi connectivity index (χ3n) is 5.73. The highest BCUT2D eigenvalue weighted by Gasteiger charge is 2.22. The van der Waals surface area contributed by atoms with Crippen molar-refractivity contribution in [2.24, 2.45) is 0 Å². The Morgan fingerprint density at radius 2 is 1.42 bits per heavy atom. The fourth-order valence-electron chi connectivity index (χ4n) is 3.81. The van der Waals surface area contributed by atoms with Gasteiger partial charge in [-0.25, -0.2) is 0 Å². The predicted molar refractivity (Wildman–Crippen MR) is 128 cm³/mol. The first-order valence-electron chi connectivity index (χ1n) is 10.8. The maximum atomic E-state index is 12.8. The lowest BCUT2D eigenvalue weighted by molar-refractivity contribution is 0.0746. The monoisotopic (exact) mass is 445 g/mol. The molecule has 1 saturated heterocycles. The summed E-state index contributed by atoms with van der Waals surface area (Å²) in [6, 6.07) is 22.0. The average Bonchev–Trinajstić information content (AvgIpc) is 2.89. The van der Waals surface area contributed by atoms with Crippen molar-refractivity contribution in [1.29, 1.82) is 0 Å². The van der Waals surface area contributed by atoms with Crippen LogP contribution in [0.4, 0.5) is 11.4 Å². The zero-order valence-corrected chi connectivity index (χ0v) is 18.8. The fraction of sp³-hybridized carbons (Fsp3) is 0.231. The van der Waals surface area contributed by atoms with Crippen LogP contribution in [0.15, 0.2) is 72.8 Å². The molecule has 2 amide bonds. The second-order valence-corrected chi connectivity index (χ2v) is 7.74. The molecule has 3 aromatic carbocycles. The molecule has 0 spiro atoms. The molecule has 7 heteroatoms. The van der Waals surface area contributed by atoms with Crippen LogP contribution in [0.3, 0.4) is 0 Å². The number of amides is 2. The molecule has 0 atom stereocenters. The Labute approximate surface area is 193 Å². The molecule has 170 valence electrons. The van der Waals surface area contributed by atoms with Gasteiger partial charge in [-0.05, 0) is 66.7 Å². The molecule has 7 nitrogen and oxygen atoms in total. The van der Waals surface area contributed by atoms with Gasteiger partial charge in [0.15, 0.2) is 0 Å². The second kappa shape index (κ2) is 10.1. The van der Waals surface area contributed by atoms with E-state index in [1.807, 2.05) is 29.2 Å². The summed E-state index contributed by atoms with van der Waals surface area (Å²) < 4.78 is 10.3. The Morgan fingerprint density at radius 3 is 2.06 bits per heavy atom. The van der Waals surface area contributed by atoms with E-state index in [4.69, 9.17) is 9.47 Å². The minimum absolute atomic E-state index is 0.0351. The molecular formula is C26H27N3O4. The minimum atomic E-state index is -0.188. The number of ether oxygens (including phenoxy) is 2. The van der Waals surface area contributed by atoms with Crippen LogP contribution in [0.2, 0.25) is 0 Å². The molecule has 1 heterocycles. The van der Waals surface area contributed by atoms with Gasteiger partial charge in [-0.2, -0.15) is 0 Å². The molecule has 33 heavy (non-hydrogen) atoms. The van der Waals surface area contributed by atoms with Crippen LogP contribution in [-0.2, 0) is 0 Å². The lowest BCUT2D eigenvalue weighted by atomic mass is 10.1. The van der Waals surface area contributed by atoms with Crippen LogP contribution >= 0.6 is 0 Å². The van der Waals surface area contributed by atoms with Gasteiger partial charge in [0, 0.05) is 48.7 Å². The maximum Gasteiger partial charge on any atom is 0.255 e. The first-order chi connectivity index (χ1) is 16.1. The van der Waals surface area contributed by atoms with Crippen molar-refractivity contribution in [1.82, 2.24) is 4.90 Å². The Bertz CT molecular complexity index is 1110. The SMILES string of the molecule is COc1ccc(C(=O)N2CCN(c3ccc(NC(=O)c4cccc(OC)c4)cc3)CC2)cc1. The number of hydrogen-bond donors (Lipinski definition) is 1. The minimum Gasteiger partial charge on any atom is -0.497 e. The van der Waals surface area contributed by atoms with E-state index in [2.05, 4.69) is 10.2 Å². The highest BCUT2D eigenvalue weighted by molar-refractivity contribution is 6.04. The molecule has 1 fully saturated rings. The van der Waals surface area contributed by atoms with E-state index in [0.717, 1.165) is 30.2 Å². The summed E-state index contributed by atoms with van der Waals surface area (Å²) in [6.07, 6.45) is 0. The molecule has 0 radical (unpaired) electrons. The van der Waals surface area contributed by atoms with Crippen molar-refractivity contribution in [3.05, 3.63) is 83.9 Å². The van der Waals surface area contributed by atoms with Gasteiger partial charge in [-0.1, -0.05) is 6.07 Å². The molecule has 0 unspecified atom stereocenters. The van der Waals surface area contributed by atoms with Crippen molar-refractivity contribution >= 4 is 23.2 Å². The predicted octanol–water partition coefficient (Wildman–Crippen LogP) is 3.92. The number of benzene rings is 3. The number of carbonyl (C=O) groups is 2. The Morgan fingerprint density at radius 1 is 0.758 bits per heavy atom. The molecule has 0 bridgehead atoms. The van der Waals surface area contributed by atoms with Gasteiger partial charge >= 0.3 is 0 Å². The van der Waals surface area contributed by atoms with E-state index in [1.54, 1.807) is 62.8 Å². The molecule has 0 saturated carbocycles. The molecule has 0 aliphatic carbocycles. The van der Waals surface area contributed by atoms with Crippen molar-refractivity contribution in [2.45, 2.75) is 0 Å². The van der Waals surface area contributed by atoms with Crippen molar-refractivity contribution in [3.63, 3.8) is 0 Å². The van der Waals surface area contributed by atoms with Gasteiger partial charge < -0.3 is 24.6 Å². The van der Waals surface area contributed by atoms with Gasteiger partial charge in [0.2, 0.25) is 0 Å². The Kier molecular flexibility index (Phi) is 6.78. The molecule has 1 aliphatic rings. The van der Waals surface area contributed by atoms with E-state index < -0.39 is 0 Å².